The zero-order valence-corrected chi connectivity index (χ0v) is 20.7. The molecule has 5 heteroatoms. The van der Waals surface area contributed by atoms with Crippen LogP contribution in [0.2, 0.25) is 0 Å². The Bertz CT molecular complexity index is 1270. The van der Waals surface area contributed by atoms with Gasteiger partial charge in [-0.3, -0.25) is 0 Å². The molecule has 1 saturated heterocycles. The van der Waals surface area contributed by atoms with Crippen LogP contribution < -0.4 is 15.0 Å². The summed E-state index contributed by atoms with van der Waals surface area (Å²) in [5, 5.41) is 4.66. The van der Waals surface area contributed by atoms with Crippen molar-refractivity contribution in [1.82, 2.24) is 15.3 Å². The van der Waals surface area contributed by atoms with Gasteiger partial charge >= 0.3 is 0 Å². The zero-order valence-electron chi connectivity index (χ0n) is 20.7. The minimum absolute atomic E-state index is 0.498. The van der Waals surface area contributed by atoms with E-state index in [9.17, 15) is 0 Å². The van der Waals surface area contributed by atoms with Crippen LogP contribution in [0.4, 0.5) is 5.82 Å². The molecule has 35 heavy (non-hydrogen) atoms. The highest BCUT2D eigenvalue weighted by Crippen LogP contribution is 2.37. The maximum Gasteiger partial charge on any atom is 0.162 e. The number of fused-ring (bicyclic) bond motifs is 1. The summed E-state index contributed by atoms with van der Waals surface area (Å²) in [5.41, 5.74) is 4.64. The van der Waals surface area contributed by atoms with Crippen molar-refractivity contribution in [2.45, 2.75) is 38.6 Å². The quantitative estimate of drug-likeness (QED) is 0.314. The minimum Gasteiger partial charge on any atom is -0.496 e. The van der Waals surface area contributed by atoms with Crippen molar-refractivity contribution < 1.29 is 4.74 Å². The number of piperidine rings is 1. The molecule has 1 fully saturated rings. The SMILES string of the molecule is CCCNCc1ccc2nc(-c3ccccc3)nc(N3CCC(c4ccccc4OC)CC3)c2c1. The van der Waals surface area contributed by atoms with Crippen LogP contribution in [0.15, 0.2) is 72.8 Å². The smallest absolute Gasteiger partial charge is 0.162 e. The molecular weight excluding hydrogens is 432 g/mol. The topological polar surface area (TPSA) is 50.3 Å². The van der Waals surface area contributed by atoms with Crippen LogP contribution in [0.5, 0.6) is 5.75 Å². The van der Waals surface area contributed by atoms with E-state index in [1.165, 1.54) is 11.1 Å². The molecule has 2 heterocycles. The predicted octanol–water partition coefficient (Wildman–Crippen LogP) is 6.19. The maximum atomic E-state index is 5.65. The molecule has 1 aromatic heterocycles. The molecule has 0 saturated carbocycles. The van der Waals surface area contributed by atoms with Gasteiger partial charge in [-0.1, -0.05) is 61.5 Å². The van der Waals surface area contributed by atoms with Gasteiger partial charge in [0, 0.05) is 30.6 Å². The fraction of sp³-hybridized carbons (Fsp3) is 0.333. The summed E-state index contributed by atoms with van der Waals surface area (Å²) in [7, 11) is 1.76. The van der Waals surface area contributed by atoms with Crippen LogP contribution in [0.3, 0.4) is 0 Å². The molecule has 5 nitrogen and oxygen atoms in total. The lowest BCUT2D eigenvalue weighted by atomic mass is 9.88. The molecule has 1 N–H and O–H groups in total. The molecule has 0 bridgehead atoms. The van der Waals surface area contributed by atoms with Crippen molar-refractivity contribution in [2.24, 2.45) is 0 Å². The number of para-hydroxylation sites is 1. The van der Waals surface area contributed by atoms with Crippen molar-refractivity contribution in [2.75, 3.05) is 31.6 Å². The zero-order chi connectivity index (χ0) is 24.0. The lowest BCUT2D eigenvalue weighted by molar-refractivity contribution is 0.397. The third-order valence-corrected chi connectivity index (χ3v) is 6.90. The Morgan fingerprint density at radius 2 is 1.71 bits per heavy atom. The number of hydrogen-bond acceptors (Lipinski definition) is 5. The second kappa shape index (κ2) is 10.9. The van der Waals surface area contributed by atoms with E-state index in [0.29, 0.717) is 5.92 Å². The van der Waals surface area contributed by atoms with E-state index in [-0.39, 0.29) is 0 Å². The summed E-state index contributed by atoms with van der Waals surface area (Å²) >= 11 is 0. The summed E-state index contributed by atoms with van der Waals surface area (Å²) in [6.07, 6.45) is 3.28. The van der Waals surface area contributed by atoms with Crippen molar-refractivity contribution in [3.05, 3.63) is 83.9 Å². The van der Waals surface area contributed by atoms with Gasteiger partial charge in [-0.05, 0) is 61.1 Å². The van der Waals surface area contributed by atoms with Gasteiger partial charge < -0.3 is 15.0 Å². The van der Waals surface area contributed by atoms with Gasteiger partial charge in [0.15, 0.2) is 5.82 Å². The van der Waals surface area contributed by atoms with Crippen LogP contribution in [-0.4, -0.2) is 36.7 Å². The van der Waals surface area contributed by atoms with Gasteiger partial charge in [0.25, 0.3) is 0 Å². The normalized spacial score (nSPS) is 14.4. The molecular formula is C30H34N4O. The second-order valence-electron chi connectivity index (χ2n) is 9.27. The van der Waals surface area contributed by atoms with Crippen molar-refractivity contribution in [1.29, 1.82) is 0 Å². The molecule has 0 unspecified atom stereocenters. The minimum atomic E-state index is 0.498. The van der Waals surface area contributed by atoms with Gasteiger partial charge in [-0.2, -0.15) is 0 Å². The number of aromatic nitrogens is 2. The second-order valence-corrected chi connectivity index (χ2v) is 9.27. The number of methoxy groups -OCH3 is 1. The lowest BCUT2D eigenvalue weighted by Gasteiger charge is -2.34. The number of rotatable bonds is 8. The van der Waals surface area contributed by atoms with Crippen molar-refractivity contribution in [3.63, 3.8) is 0 Å². The molecule has 0 spiro atoms. The highest BCUT2D eigenvalue weighted by Gasteiger charge is 2.25. The Morgan fingerprint density at radius 3 is 2.49 bits per heavy atom. The summed E-state index contributed by atoms with van der Waals surface area (Å²) in [6, 6.07) is 25.3. The molecule has 180 valence electrons. The summed E-state index contributed by atoms with van der Waals surface area (Å²) in [6.45, 7) is 5.99. The van der Waals surface area contributed by atoms with Crippen LogP contribution in [0.25, 0.3) is 22.3 Å². The van der Waals surface area contributed by atoms with E-state index in [2.05, 4.69) is 65.7 Å². The van der Waals surface area contributed by atoms with Crippen LogP contribution in [0, 0.1) is 0 Å². The Balaban J connectivity index is 1.47. The first-order valence-electron chi connectivity index (χ1n) is 12.7. The molecule has 0 atom stereocenters. The molecule has 1 aliphatic rings. The standard InChI is InChI=1S/C30H34N4O/c1-3-17-31-21-22-13-14-27-26(20-22)30(33-29(32-27)24-9-5-4-6-10-24)34-18-15-23(16-19-34)25-11-7-8-12-28(25)35-2/h4-14,20,23,31H,3,15-19,21H2,1-2H3. The third kappa shape index (κ3) is 5.15. The van der Waals surface area contributed by atoms with Crippen LogP contribution in [-0.2, 0) is 6.54 Å². The predicted molar refractivity (Wildman–Crippen MR) is 144 cm³/mol. The number of anilines is 1. The number of benzene rings is 3. The molecule has 3 aromatic carbocycles. The lowest BCUT2D eigenvalue weighted by Crippen LogP contribution is -2.34. The highest BCUT2D eigenvalue weighted by molar-refractivity contribution is 5.91. The molecule has 0 amide bonds. The van der Waals surface area contributed by atoms with Crippen molar-refractivity contribution >= 4 is 16.7 Å². The van der Waals surface area contributed by atoms with E-state index >= 15 is 0 Å². The van der Waals surface area contributed by atoms with Gasteiger partial charge in [-0.25, -0.2) is 9.97 Å². The monoisotopic (exact) mass is 466 g/mol. The largest absolute Gasteiger partial charge is 0.496 e. The first-order chi connectivity index (χ1) is 17.3. The fourth-order valence-electron chi connectivity index (χ4n) is 5.04. The van der Waals surface area contributed by atoms with Gasteiger partial charge in [-0.15, -0.1) is 0 Å². The average Bonchev–Trinajstić information content (AvgIpc) is 2.93. The number of nitrogens with zero attached hydrogens (tertiary/aromatic N) is 3. The Labute approximate surface area is 208 Å². The first-order valence-corrected chi connectivity index (χ1v) is 12.7. The fourth-order valence-corrected chi connectivity index (χ4v) is 5.04. The third-order valence-electron chi connectivity index (χ3n) is 6.90. The van der Waals surface area contributed by atoms with E-state index in [1.807, 2.05) is 24.3 Å². The van der Waals surface area contributed by atoms with Crippen LogP contribution >= 0.6 is 0 Å². The van der Waals surface area contributed by atoms with E-state index in [0.717, 1.165) is 79.3 Å². The van der Waals surface area contributed by atoms with E-state index in [4.69, 9.17) is 14.7 Å². The number of ether oxygens (including phenoxy) is 1. The number of nitrogens with one attached hydrogen (secondary N) is 1. The molecule has 0 radical (unpaired) electrons. The Morgan fingerprint density at radius 1 is 0.943 bits per heavy atom. The van der Waals surface area contributed by atoms with E-state index in [1.54, 1.807) is 7.11 Å². The van der Waals surface area contributed by atoms with Crippen LogP contribution in [0.1, 0.15) is 43.2 Å². The molecule has 1 aliphatic heterocycles. The van der Waals surface area contributed by atoms with E-state index < -0.39 is 0 Å². The first kappa shape index (κ1) is 23.3. The molecule has 5 rings (SSSR count). The van der Waals surface area contributed by atoms with Gasteiger partial charge in [0.1, 0.15) is 11.6 Å². The molecule has 4 aromatic rings. The average molecular weight is 467 g/mol. The maximum absolute atomic E-state index is 5.65. The Kier molecular flexibility index (Phi) is 7.24. The van der Waals surface area contributed by atoms with Gasteiger partial charge in [0.2, 0.25) is 0 Å². The number of hydrogen-bond donors (Lipinski definition) is 1. The molecule has 0 aliphatic carbocycles. The Hall–Kier alpha value is -3.44. The summed E-state index contributed by atoms with van der Waals surface area (Å²) < 4.78 is 5.65. The summed E-state index contributed by atoms with van der Waals surface area (Å²) in [5.74, 6) is 3.33. The highest BCUT2D eigenvalue weighted by atomic mass is 16.5. The van der Waals surface area contributed by atoms with Crippen molar-refractivity contribution in [3.8, 4) is 17.1 Å². The summed E-state index contributed by atoms with van der Waals surface area (Å²) in [4.78, 5) is 12.5. The van der Waals surface area contributed by atoms with Gasteiger partial charge in [0.05, 0.1) is 12.6 Å².